The highest BCUT2D eigenvalue weighted by Gasteiger charge is 2.16. The Labute approximate surface area is 116 Å². The fraction of sp³-hybridized carbons (Fsp3) is 0.583. The maximum Gasteiger partial charge on any atom is 0.327 e. The SMILES string of the molecule is CCc1cc(CSCC(NC=O)C(=O)O)n(CC)n1. The molecule has 106 valence electrons. The van der Waals surface area contributed by atoms with E-state index in [1.54, 1.807) is 0 Å². The standard InChI is InChI=1S/C12H19N3O3S/c1-3-9-5-10(15(4-2)14-9)6-19-7-11(12(17)18)13-8-16/h5,8,11H,3-4,6-7H2,1-2H3,(H,13,16)(H,17,18). The number of aromatic nitrogens is 2. The molecule has 0 aliphatic rings. The smallest absolute Gasteiger partial charge is 0.327 e. The maximum absolute atomic E-state index is 10.9. The number of carbonyl (C=O) groups excluding carboxylic acids is 1. The molecule has 1 atom stereocenters. The van der Waals surface area contributed by atoms with E-state index < -0.39 is 12.0 Å². The monoisotopic (exact) mass is 285 g/mol. The van der Waals surface area contributed by atoms with Crippen LogP contribution in [-0.4, -0.2) is 39.1 Å². The molecule has 0 spiro atoms. The summed E-state index contributed by atoms with van der Waals surface area (Å²) in [6.45, 7) is 4.87. The first kappa shape index (κ1) is 15.6. The second kappa shape index (κ2) is 7.83. The lowest BCUT2D eigenvalue weighted by Crippen LogP contribution is -2.37. The van der Waals surface area contributed by atoms with Gasteiger partial charge >= 0.3 is 5.97 Å². The van der Waals surface area contributed by atoms with Gasteiger partial charge in [-0.2, -0.15) is 16.9 Å². The van der Waals surface area contributed by atoms with Crippen LogP contribution < -0.4 is 5.32 Å². The number of aliphatic carboxylic acids is 1. The summed E-state index contributed by atoms with van der Waals surface area (Å²) >= 11 is 1.47. The van der Waals surface area contributed by atoms with Crippen molar-refractivity contribution in [3.63, 3.8) is 0 Å². The first-order valence-electron chi connectivity index (χ1n) is 6.18. The number of hydrogen-bond donors (Lipinski definition) is 2. The highest BCUT2D eigenvalue weighted by Crippen LogP contribution is 2.15. The number of rotatable bonds is 9. The van der Waals surface area contributed by atoms with Gasteiger partial charge in [-0.25, -0.2) is 4.79 Å². The fourth-order valence-corrected chi connectivity index (χ4v) is 2.67. The van der Waals surface area contributed by atoms with Crippen molar-refractivity contribution in [1.29, 1.82) is 0 Å². The molecule has 0 bridgehead atoms. The Morgan fingerprint density at radius 1 is 1.63 bits per heavy atom. The van der Waals surface area contributed by atoms with Gasteiger partial charge in [0, 0.05) is 23.7 Å². The second-order valence-electron chi connectivity index (χ2n) is 3.99. The van der Waals surface area contributed by atoms with Crippen molar-refractivity contribution < 1.29 is 14.7 Å². The van der Waals surface area contributed by atoms with Crippen LogP contribution in [0, 0.1) is 0 Å². The molecule has 1 unspecified atom stereocenters. The van der Waals surface area contributed by atoms with Gasteiger partial charge in [0.05, 0.1) is 5.69 Å². The largest absolute Gasteiger partial charge is 0.480 e. The molecule has 1 aromatic heterocycles. The molecule has 0 saturated carbocycles. The van der Waals surface area contributed by atoms with Gasteiger partial charge in [-0.05, 0) is 19.4 Å². The summed E-state index contributed by atoms with van der Waals surface area (Å²) in [4.78, 5) is 21.2. The van der Waals surface area contributed by atoms with E-state index in [0.29, 0.717) is 17.9 Å². The Morgan fingerprint density at radius 2 is 2.37 bits per heavy atom. The van der Waals surface area contributed by atoms with E-state index in [2.05, 4.69) is 10.4 Å². The van der Waals surface area contributed by atoms with Crippen molar-refractivity contribution in [3.05, 3.63) is 17.5 Å². The Hall–Kier alpha value is -1.50. The lowest BCUT2D eigenvalue weighted by atomic mass is 10.3. The van der Waals surface area contributed by atoms with Crippen LogP contribution in [0.2, 0.25) is 0 Å². The minimum absolute atomic E-state index is 0.338. The summed E-state index contributed by atoms with van der Waals surface area (Å²) in [5, 5.41) is 15.6. The van der Waals surface area contributed by atoms with Gasteiger partial charge in [-0.1, -0.05) is 6.92 Å². The van der Waals surface area contributed by atoms with Crippen molar-refractivity contribution in [2.75, 3.05) is 5.75 Å². The maximum atomic E-state index is 10.9. The van der Waals surface area contributed by atoms with E-state index in [0.717, 1.165) is 24.4 Å². The highest BCUT2D eigenvalue weighted by molar-refractivity contribution is 7.98. The van der Waals surface area contributed by atoms with Crippen LogP contribution in [0.1, 0.15) is 25.2 Å². The molecule has 0 aliphatic carbocycles. The normalized spacial score (nSPS) is 12.1. The minimum atomic E-state index is -1.02. The van der Waals surface area contributed by atoms with Crippen molar-refractivity contribution >= 4 is 24.1 Å². The zero-order valence-electron chi connectivity index (χ0n) is 11.1. The zero-order chi connectivity index (χ0) is 14.3. The van der Waals surface area contributed by atoms with Gasteiger partial charge in [0.15, 0.2) is 0 Å². The molecule has 0 aliphatic heterocycles. The minimum Gasteiger partial charge on any atom is -0.480 e. The van der Waals surface area contributed by atoms with Crippen LogP contribution in [0.3, 0.4) is 0 Å². The lowest BCUT2D eigenvalue weighted by molar-refractivity contribution is -0.139. The summed E-state index contributed by atoms with van der Waals surface area (Å²) in [6.07, 6.45) is 1.31. The van der Waals surface area contributed by atoms with Crippen LogP contribution in [0.15, 0.2) is 6.07 Å². The number of carboxylic acid groups (broad SMARTS) is 1. The van der Waals surface area contributed by atoms with Gasteiger partial charge in [-0.3, -0.25) is 9.48 Å². The van der Waals surface area contributed by atoms with E-state index in [4.69, 9.17) is 5.11 Å². The molecule has 0 fully saturated rings. The zero-order valence-corrected chi connectivity index (χ0v) is 11.9. The number of hydrogen-bond acceptors (Lipinski definition) is 4. The number of carboxylic acids is 1. The molecular weight excluding hydrogens is 266 g/mol. The van der Waals surface area contributed by atoms with Gasteiger partial charge in [0.1, 0.15) is 6.04 Å². The summed E-state index contributed by atoms with van der Waals surface area (Å²) in [5.74, 6) is 0.00751. The van der Waals surface area contributed by atoms with Crippen molar-refractivity contribution in [2.24, 2.45) is 0 Å². The van der Waals surface area contributed by atoms with Crippen LogP contribution in [0.5, 0.6) is 0 Å². The summed E-state index contributed by atoms with van der Waals surface area (Å²) < 4.78 is 1.93. The second-order valence-corrected chi connectivity index (χ2v) is 5.02. The average Bonchev–Trinajstić information content (AvgIpc) is 2.80. The summed E-state index contributed by atoms with van der Waals surface area (Å²) in [7, 11) is 0. The lowest BCUT2D eigenvalue weighted by Gasteiger charge is -2.10. The van der Waals surface area contributed by atoms with E-state index in [-0.39, 0.29) is 0 Å². The molecule has 2 N–H and O–H groups in total. The number of nitrogens with zero attached hydrogens (tertiary/aromatic N) is 2. The van der Waals surface area contributed by atoms with Crippen molar-refractivity contribution in [1.82, 2.24) is 15.1 Å². The number of aryl methyl sites for hydroxylation is 2. The summed E-state index contributed by atoms with van der Waals surface area (Å²) in [6, 6.07) is 1.20. The molecule has 19 heavy (non-hydrogen) atoms. The Balaban J connectivity index is 2.53. The predicted octanol–water partition coefficient (Wildman–Crippen LogP) is 0.898. The van der Waals surface area contributed by atoms with E-state index in [1.807, 2.05) is 24.6 Å². The van der Waals surface area contributed by atoms with Gasteiger partial charge in [-0.15, -0.1) is 0 Å². The molecule has 1 rings (SSSR count). The van der Waals surface area contributed by atoms with Crippen LogP contribution >= 0.6 is 11.8 Å². The number of carbonyl (C=O) groups is 2. The molecule has 0 aromatic carbocycles. The Kier molecular flexibility index (Phi) is 6.41. The van der Waals surface area contributed by atoms with Gasteiger partial charge in [0.2, 0.25) is 6.41 Å². The first-order valence-corrected chi connectivity index (χ1v) is 7.33. The topological polar surface area (TPSA) is 84.2 Å². The molecule has 0 radical (unpaired) electrons. The molecule has 1 heterocycles. The number of nitrogens with one attached hydrogen (secondary N) is 1. The molecule has 1 aromatic rings. The Bertz CT molecular complexity index is 434. The molecular formula is C12H19N3O3S. The quantitative estimate of drug-likeness (QED) is 0.658. The third-order valence-electron chi connectivity index (χ3n) is 2.68. The first-order chi connectivity index (χ1) is 9.12. The third kappa shape index (κ3) is 4.59. The molecule has 1 amide bonds. The Morgan fingerprint density at radius 3 is 2.89 bits per heavy atom. The molecule has 7 heteroatoms. The van der Waals surface area contributed by atoms with Crippen LogP contribution in [0.25, 0.3) is 0 Å². The van der Waals surface area contributed by atoms with Crippen molar-refractivity contribution in [3.8, 4) is 0 Å². The fourth-order valence-electron chi connectivity index (χ4n) is 1.63. The molecule has 6 nitrogen and oxygen atoms in total. The highest BCUT2D eigenvalue weighted by atomic mass is 32.2. The number of thioether (sulfide) groups is 1. The third-order valence-corrected chi connectivity index (χ3v) is 3.75. The van der Waals surface area contributed by atoms with Gasteiger partial charge < -0.3 is 10.4 Å². The van der Waals surface area contributed by atoms with E-state index in [1.165, 1.54) is 11.8 Å². The average molecular weight is 285 g/mol. The van der Waals surface area contributed by atoms with Crippen LogP contribution in [-0.2, 0) is 28.3 Å². The molecule has 0 saturated heterocycles. The van der Waals surface area contributed by atoms with E-state index in [9.17, 15) is 9.59 Å². The number of amides is 1. The summed E-state index contributed by atoms with van der Waals surface area (Å²) in [5.41, 5.74) is 2.12. The van der Waals surface area contributed by atoms with Gasteiger partial charge in [0.25, 0.3) is 0 Å². The van der Waals surface area contributed by atoms with Crippen molar-refractivity contribution in [2.45, 2.75) is 38.6 Å². The predicted molar refractivity (Wildman–Crippen MR) is 74.1 cm³/mol. The van der Waals surface area contributed by atoms with Crippen LogP contribution in [0.4, 0.5) is 0 Å². The van der Waals surface area contributed by atoms with E-state index >= 15 is 0 Å².